The molecular weight excluding hydrogens is 464 g/mol. The van der Waals surface area contributed by atoms with Crippen molar-refractivity contribution >= 4 is 22.6 Å². The highest BCUT2D eigenvalue weighted by Gasteiger charge is 2.58. The maximum atomic E-state index is 12.4. The molecule has 3 aromatic rings. The van der Waals surface area contributed by atoms with Crippen LogP contribution >= 0.6 is 0 Å². The van der Waals surface area contributed by atoms with Crippen LogP contribution in [0.1, 0.15) is 36.5 Å². The molecule has 9 nitrogen and oxygen atoms in total. The Balaban J connectivity index is 1.52. The summed E-state index contributed by atoms with van der Waals surface area (Å²) in [7, 11) is 3.22. The highest BCUT2D eigenvalue weighted by Crippen LogP contribution is 2.51. The molecule has 1 spiro atoms. The Bertz CT molecular complexity index is 1280. The lowest BCUT2D eigenvalue weighted by atomic mass is 9.88. The van der Waals surface area contributed by atoms with E-state index in [0.29, 0.717) is 12.3 Å². The molecule has 0 radical (unpaired) electrons. The number of para-hydroxylation sites is 1. The van der Waals surface area contributed by atoms with Crippen LogP contribution in [0.2, 0.25) is 0 Å². The van der Waals surface area contributed by atoms with Crippen LogP contribution in [0.4, 0.5) is 0 Å². The molecule has 2 aliphatic heterocycles. The van der Waals surface area contributed by atoms with Crippen molar-refractivity contribution in [1.82, 2.24) is 4.98 Å². The number of esters is 1. The summed E-state index contributed by atoms with van der Waals surface area (Å²) in [6.07, 6.45) is -0.524. The van der Waals surface area contributed by atoms with E-state index in [1.807, 2.05) is 54.6 Å². The summed E-state index contributed by atoms with van der Waals surface area (Å²) < 4.78 is 28.6. The molecule has 0 fully saturated rings. The van der Waals surface area contributed by atoms with Gasteiger partial charge >= 0.3 is 5.97 Å². The molecule has 9 heteroatoms. The number of benzene rings is 2. The van der Waals surface area contributed by atoms with E-state index < -0.39 is 24.0 Å². The summed E-state index contributed by atoms with van der Waals surface area (Å²) in [6.45, 7) is 2.53. The molecule has 188 valence electrons. The first kappa shape index (κ1) is 24.2. The van der Waals surface area contributed by atoms with Crippen LogP contribution < -0.4 is 4.74 Å². The first-order valence-electron chi connectivity index (χ1n) is 11.8. The monoisotopic (exact) mass is 492 g/mol. The van der Waals surface area contributed by atoms with Gasteiger partial charge in [0.25, 0.3) is 5.79 Å². The van der Waals surface area contributed by atoms with Gasteiger partial charge in [0.15, 0.2) is 12.0 Å². The summed E-state index contributed by atoms with van der Waals surface area (Å²) >= 11 is 0. The molecule has 1 unspecified atom stereocenters. The normalized spacial score (nSPS) is 22.7. The van der Waals surface area contributed by atoms with Crippen LogP contribution in [0.15, 0.2) is 59.8 Å². The zero-order valence-corrected chi connectivity index (χ0v) is 20.4. The van der Waals surface area contributed by atoms with Crippen molar-refractivity contribution in [3.63, 3.8) is 0 Å². The molecule has 36 heavy (non-hydrogen) atoms. The van der Waals surface area contributed by atoms with Gasteiger partial charge in [-0.1, -0.05) is 35.5 Å². The van der Waals surface area contributed by atoms with Crippen LogP contribution in [0.5, 0.6) is 5.75 Å². The quantitative estimate of drug-likeness (QED) is 0.431. The number of methoxy groups -OCH3 is 2. The maximum Gasteiger partial charge on any atom is 0.356 e. The zero-order chi connectivity index (χ0) is 25.1. The van der Waals surface area contributed by atoms with Crippen LogP contribution in [-0.4, -0.2) is 44.1 Å². The summed E-state index contributed by atoms with van der Waals surface area (Å²) in [6, 6.07) is 17.4. The second kappa shape index (κ2) is 10.2. The van der Waals surface area contributed by atoms with Gasteiger partial charge in [-0.2, -0.15) is 0 Å². The fourth-order valence-electron chi connectivity index (χ4n) is 4.55. The van der Waals surface area contributed by atoms with Gasteiger partial charge in [-0.05, 0) is 36.8 Å². The highest BCUT2D eigenvalue weighted by molar-refractivity contribution is 6.36. The Morgan fingerprint density at radius 3 is 2.69 bits per heavy atom. The Kier molecular flexibility index (Phi) is 6.86. The third kappa shape index (κ3) is 4.41. The number of fused-ring (bicyclic) bond motifs is 3. The Morgan fingerprint density at radius 2 is 1.94 bits per heavy atom. The van der Waals surface area contributed by atoms with E-state index in [-0.39, 0.29) is 25.3 Å². The van der Waals surface area contributed by atoms with Crippen LogP contribution in [0, 0.1) is 5.92 Å². The van der Waals surface area contributed by atoms with E-state index in [0.717, 1.165) is 27.8 Å². The average Bonchev–Trinajstić information content (AvgIpc) is 3.20. The highest BCUT2D eigenvalue weighted by atomic mass is 16.8. The Hall–Kier alpha value is -3.53. The molecule has 0 saturated carbocycles. The first-order valence-corrected chi connectivity index (χ1v) is 11.8. The summed E-state index contributed by atoms with van der Waals surface area (Å²) in [4.78, 5) is 23.3. The third-order valence-corrected chi connectivity index (χ3v) is 6.33. The van der Waals surface area contributed by atoms with Gasteiger partial charge in [0.2, 0.25) is 0 Å². The molecular formula is C27H28N2O7. The minimum absolute atomic E-state index is 0.179. The molecule has 5 rings (SSSR count). The molecule has 2 aromatic carbocycles. The predicted molar refractivity (Wildman–Crippen MR) is 130 cm³/mol. The fourth-order valence-corrected chi connectivity index (χ4v) is 4.55. The summed E-state index contributed by atoms with van der Waals surface area (Å²) in [5, 5.41) is 5.07. The molecule has 3 heterocycles. The molecule has 0 aliphatic carbocycles. The number of rotatable bonds is 8. The van der Waals surface area contributed by atoms with E-state index >= 15 is 0 Å². The number of carbonyl (C=O) groups excluding carboxylic acids is 1. The van der Waals surface area contributed by atoms with Crippen LogP contribution in [0.3, 0.4) is 0 Å². The van der Waals surface area contributed by atoms with E-state index in [1.54, 1.807) is 21.1 Å². The number of ether oxygens (including phenoxy) is 5. The summed E-state index contributed by atoms with van der Waals surface area (Å²) in [5.74, 6) is -1.55. The third-order valence-electron chi connectivity index (χ3n) is 6.33. The van der Waals surface area contributed by atoms with Crippen molar-refractivity contribution in [3.8, 4) is 5.75 Å². The molecule has 2 aliphatic rings. The fraction of sp³-hybridized carbons (Fsp3) is 0.370. The minimum Gasteiger partial charge on any atom is -0.497 e. The lowest BCUT2D eigenvalue weighted by Gasteiger charge is -2.37. The van der Waals surface area contributed by atoms with Crippen molar-refractivity contribution in [1.29, 1.82) is 0 Å². The van der Waals surface area contributed by atoms with Crippen LogP contribution in [-0.2, 0) is 41.0 Å². The lowest BCUT2D eigenvalue weighted by Crippen LogP contribution is -2.45. The van der Waals surface area contributed by atoms with Gasteiger partial charge in [-0.25, -0.2) is 9.78 Å². The van der Waals surface area contributed by atoms with E-state index in [9.17, 15) is 4.79 Å². The van der Waals surface area contributed by atoms with E-state index in [1.165, 1.54) is 0 Å². The topological polar surface area (TPSA) is 97.7 Å². The molecule has 0 saturated heterocycles. The predicted octanol–water partition coefficient (Wildman–Crippen LogP) is 4.24. The standard InChI is InChI=1S/C27H28N2O7/c1-4-33-25(30)23-14-19(16-31-2)27(36-29-23)24-21(13-18-7-5-6-8-22(18)28-24)26(35-27)34-15-17-9-11-20(32-3)12-10-17/h5-13,19,26H,4,14-16H2,1-3H3/t19?,26-,27+/m0/s1. The second-order valence-corrected chi connectivity index (χ2v) is 8.60. The molecule has 0 N–H and O–H groups in total. The van der Waals surface area contributed by atoms with Gasteiger partial charge in [0.05, 0.1) is 38.4 Å². The SMILES string of the molecule is CCOC(=O)C1=NO[C@]2(O[C@H](OCc3ccc(OC)cc3)c3cc4ccccc4nc32)C(COC)C1. The number of hydrogen-bond donors (Lipinski definition) is 0. The summed E-state index contributed by atoms with van der Waals surface area (Å²) in [5.41, 5.74) is 3.23. The van der Waals surface area contributed by atoms with Crippen molar-refractivity contribution in [2.75, 3.05) is 27.4 Å². The number of hydrogen-bond acceptors (Lipinski definition) is 9. The number of pyridine rings is 1. The van der Waals surface area contributed by atoms with E-state index in [4.69, 9.17) is 33.5 Å². The largest absolute Gasteiger partial charge is 0.497 e. The van der Waals surface area contributed by atoms with Crippen molar-refractivity contribution in [3.05, 3.63) is 71.4 Å². The minimum atomic E-state index is -1.38. The molecule has 0 bridgehead atoms. The van der Waals surface area contributed by atoms with Gasteiger partial charge in [-0.3, -0.25) is 4.74 Å². The average molecular weight is 493 g/mol. The molecule has 3 atom stereocenters. The van der Waals surface area contributed by atoms with Gasteiger partial charge in [0, 0.05) is 24.5 Å². The molecule has 0 amide bonds. The second-order valence-electron chi connectivity index (χ2n) is 8.60. The number of nitrogens with zero attached hydrogens (tertiary/aromatic N) is 2. The van der Waals surface area contributed by atoms with Gasteiger partial charge in [0.1, 0.15) is 11.4 Å². The number of oxime groups is 1. The Labute approximate surface area is 208 Å². The number of aromatic nitrogens is 1. The van der Waals surface area contributed by atoms with Crippen LogP contribution in [0.25, 0.3) is 10.9 Å². The first-order chi connectivity index (χ1) is 17.6. The van der Waals surface area contributed by atoms with Gasteiger partial charge in [-0.15, -0.1) is 0 Å². The molecule has 1 aromatic heterocycles. The van der Waals surface area contributed by atoms with E-state index in [2.05, 4.69) is 5.16 Å². The lowest BCUT2D eigenvalue weighted by molar-refractivity contribution is -0.337. The number of carbonyl (C=O) groups is 1. The smallest absolute Gasteiger partial charge is 0.356 e. The zero-order valence-electron chi connectivity index (χ0n) is 20.4. The van der Waals surface area contributed by atoms with Crippen molar-refractivity contribution in [2.24, 2.45) is 11.1 Å². The van der Waals surface area contributed by atoms with Gasteiger partial charge < -0.3 is 23.8 Å². The van der Waals surface area contributed by atoms with Crippen molar-refractivity contribution in [2.45, 2.75) is 32.0 Å². The maximum absolute atomic E-state index is 12.4. The van der Waals surface area contributed by atoms with Crippen molar-refractivity contribution < 1.29 is 33.3 Å². The Morgan fingerprint density at radius 1 is 1.14 bits per heavy atom.